The van der Waals surface area contributed by atoms with Crippen LogP contribution in [0.5, 0.6) is 0 Å². The van der Waals surface area contributed by atoms with E-state index in [4.69, 9.17) is 0 Å². The number of aromatic nitrogens is 2. The Bertz CT molecular complexity index is 908. The van der Waals surface area contributed by atoms with Crippen molar-refractivity contribution in [2.75, 3.05) is 5.75 Å². The number of nitrogens with zero attached hydrogens (tertiary/aromatic N) is 2. The second-order valence-electron chi connectivity index (χ2n) is 5.54. The molecule has 1 aliphatic heterocycles. The minimum atomic E-state index is -3.55. The van der Waals surface area contributed by atoms with Gasteiger partial charge < -0.3 is 4.98 Å². The number of hydrogen-bond acceptors (Lipinski definition) is 4. The summed E-state index contributed by atoms with van der Waals surface area (Å²) in [6, 6.07) is 5.88. The van der Waals surface area contributed by atoms with Gasteiger partial charge in [0.05, 0.1) is 23.6 Å². The van der Waals surface area contributed by atoms with Gasteiger partial charge >= 0.3 is 0 Å². The quantitative estimate of drug-likeness (QED) is 0.906. The van der Waals surface area contributed by atoms with Gasteiger partial charge in [-0.3, -0.25) is 4.79 Å². The Morgan fingerprint density at radius 1 is 1.35 bits per heavy atom. The Morgan fingerprint density at radius 3 is 2.87 bits per heavy atom. The molecule has 0 atom stereocenters. The highest BCUT2D eigenvalue weighted by atomic mass is 32.2. The summed E-state index contributed by atoms with van der Waals surface area (Å²) in [6.07, 6.45) is 0.218. The first kappa shape index (κ1) is 15.8. The van der Waals surface area contributed by atoms with Crippen LogP contribution in [0.15, 0.2) is 29.1 Å². The van der Waals surface area contributed by atoms with Crippen LogP contribution < -0.4 is 5.56 Å². The van der Waals surface area contributed by atoms with E-state index in [0.29, 0.717) is 22.6 Å². The number of benzene rings is 1. The van der Waals surface area contributed by atoms with Crippen molar-refractivity contribution < 1.29 is 12.8 Å². The van der Waals surface area contributed by atoms with Crippen LogP contribution in [0.4, 0.5) is 4.39 Å². The summed E-state index contributed by atoms with van der Waals surface area (Å²) in [5, 5.41) is 0. The molecule has 0 aliphatic carbocycles. The molecule has 1 aromatic heterocycles. The summed E-state index contributed by atoms with van der Waals surface area (Å²) in [7, 11) is -3.55. The van der Waals surface area contributed by atoms with E-state index >= 15 is 0 Å². The number of nitrogens with one attached hydrogen (secondary N) is 1. The average Bonchev–Trinajstić information content (AvgIpc) is 2.90. The van der Waals surface area contributed by atoms with Gasteiger partial charge in [0, 0.05) is 6.54 Å². The molecular formula is C15H16FN3O3S. The fourth-order valence-corrected chi connectivity index (χ4v) is 4.02. The van der Waals surface area contributed by atoms with Crippen molar-refractivity contribution >= 4 is 10.0 Å². The predicted molar refractivity (Wildman–Crippen MR) is 82.7 cm³/mol. The Labute approximate surface area is 133 Å². The third kappa shape index (κ3) is 3.32. The second kappa shape index (κ2) is 5.86. The molecule has 0 saturated heterocycles. The third-order valence-electron chi connectivity index (χ3n) is 3.81. The molecular weight excluding hydrogens is 321 g/mol. The van der Waals surface area contributed by atoms with Crippen LogP contribution in [0, 0.1) is 12.7 Å². The van der Waals surface area contributed by atoms with Crippen LogP contribution in [0.3, 0.4) is 0 Å². The Kier molecular flexibility index (Phi) is 4.03. The van der Waals surface area contributed by atoms with E-state index in [9.17, 15) is 17.6 Å². The van der Waals surface area contributed by atoms with Crippen LogP contribution in [0.2, 0.25) is 0 Å². The molecule has 0 radical (unpaired) electrons. The number of H-pyrrole nitrogens is 1. The molecule has 0 spiro atoms. The molecule has 0 unspecified atom stereocenters. The maximum absolute atomic E-state index is 13.1. The summed E-state index contributed by atoms with van der Waals surface area (Å²) in [5.41, 5.74) is 1.22. The molecule has 1 aromatic carbocycles. The average molecular weight is 337 g/mol. The highest BCUT2D eigenvalue weighted by Crippen LogP contribution is 2.21. The standard InChI is InChI=1S/C15H16FN3O3S/c1-10-17-14-9-19(8-13(14)15(20)18-10)23(21,22)6-5-11-3-2-4-12(16)7-11/h2-4,7H,5-6,8-9H2,1H3,(H,17,18,20). The maximum atomic E-state index is 13.1. The lowest BCUT2D eigenvalue weighted by Crippen LogP contribution is -2.29. The molecule has 8 heteroatoms. The highest BCUT2D eigenvalue weighted by Gasteiger charge is 2.31. The van der Waals surface area contributed by atoms with E-state index in [0.717, 1.165) is 0 Å². The topological polar surface area (TPSA) is 83.1 Å². The molecule has 6 nitrogen and oxygen atoms in total. The second-order valence-corrected chi connectivity index (χ2v) is 7.63. The Morgan fingerprint density at radius 2 is 2.13 bits per heavy atom. The minimum Gasteiger partial charge on any atom is -0.310 e. The molecule has 2 heterocycles. The van der Waals surface area contributed by atoms with E-state index < -0.39 is 10.0 Å². The van der Waals surface area contributed by atoms with Crippen molar-refractivity contribution in [2.24, 2.45) is 0 Å². The van der Waals surface area contributed by atoms with Crippen molar-refractivity contribution in [3.05, 3.63) is 63.1 Å². The predicted octanol–water partition coefficient (Wildman–Crippen LogP) is 1.11. The van der Waals surface area contributed by atoms with E-state index in [-0.39, 0.29) is 36.6 Å². The molecule has 1 N–H and O–H groups in total. The summed E-state index contributed by atoms with van der Waals surface area (Å²) in [6.45, 7) is 1.79. The summed E-state index contributed by atoms with van der Waals surface area (Å²) in [5.74, 6) is -0.0612. The van der Waals surface area contributed by atoms with Crippen LogP contribution in [0.1, 0.15) is 22.6 Å². The number of hydrogen-bond donors (Lipinski definition) is 1. The zero-order valence-corrected chi connectivity index (χ0v) is 13.4. The monoisotopic (exact) mass is 337 g/mol. The summed E-state index contributed by atoms with van der Waals surface area (Å²) in [4.78, 5) is 18.6. The summed E-state index contributed by atoms with van der Waals surface area (Å²) >= 11 is 0. The van der Waals surface area contributed by atoms with E-state index in [2.05, 4.69) is 9.97 Å². The maximum Gasteiger partial charge on any atom is 0.255 e. The number of sulfonamides is 1. The van der Waals surface area contributed by atoms with Crippen molar-refractivity contribution in [3.8, 4) is 0 Å². The largest absolute Gasteiger partial charge is 0.310 e. The van der Waals surface area contributed by atoms with Crippen LogP contribution in [-0.2, 0) is 29.5 Å². The highest BCUT2D eigenvalue weighted by molar-refractivity contribution is 7.89. The Balaban J connectivity index is 1.75. The van der Waals surface area contributed by atoms with Crippen molar-refractivity contribution in [1.29, 1.82) is 0 Å². The van der Waals surface area contributed by atoms with Gasteiger partial charge in [-0.2, -0.15) is 4.31 Å². The van der Waals surface area contributed by atoms with Gasteiger partial charge in [-0.1, -0.05) is 12.1 Å². The first-order valence-corrected chi connectivity index (χ1v) is 8.77. The van der Waals surface area contributed by atoms with Crippen molar-refractivity contribution in [2.45, 2.75) is 26.4 Å². The molecule has 0 saturated carbocycles. The van der Waals surface area contributed by atoms with Crippen molar-refractivity contribution in [1.82, 2.24) is 14.3 Å². The number of halogens is 1. The molecule has 2 aromatic rings. The zero-order chi connectivity index (χ0) is 16.6. The molecule has 0 fully saturated rings. The fraction of sp³-hybridized carbons (Fsp3) is 0.333. The zero-order valence-electron chi connectivity index (χ0n) is 12.5. The van der Waals surface area contributed by atoms with Gasteiger partial charge in [0.15, 0.2) is 0 Å². The first-order valence-electron chi connectivity index (χ1n) is 7.16. The fourth-order valence-electron chi connectivity index (χ4n) is 2.63. The number of aromatic amines is 1. The number of fused-ring (bicyclic) bond motifs is 1. The van der Waals surface area contributed by atoms with Gasteiger partial charge in [0.2, 0.25) is 10.0 Å². The van der Waals surface area contributed by atoms with Gasteiger partial charge in [-0.15, -0.1) is 0 Å². The molecule has 122 valence electrons. The molecule has 0 amide bonds. The Hall–Kier alpha value is -2.06. The normalized spacial score (nSPS) is 14.9. The van der Waals surface area contributed by atoms with Gasteiger partial charge in [0.25, 0.3) is 5.56 Å². The van der Waals surface area contributed by atoms with E-state index in [1.54, 1.807) is 19.1 Å². The lowest BCUT2D eigenvalue weighted by Gasteiger charge is -2.15. The first-order chi connectivity index (χ1) is 10.8. The smallest absolute Gasteiger partial charge is 0.255 e. The number of aryl methyl sites for hydroxylation is 2. The van der Waals surface area contributed by atoms with Crippen LogP contribution in [-0.4, -0.2) is 28.4 Å². The summed E-state index contributed by atoms with van der Waals surface area (Å²) < 4.78 is 39.3. The molecule has 3 rings (SSSR count). The minimum absolute atomic E-state index is 0.0312. The van der Waals surface area contributed by atoms with Crippen LogP contribution >= 0.6 is 0 Å². The van der Waals surface area contributed by atoms with Crippen molar-refractivity contribution in [3.63, 3.8) is 0 Å². The molecule has 0 bridgehead atoms. The van der Waals surface area contributed by atoms with E-state index in [1.165, 1.54) is 16.4 Å². The lowest BCUT2D eigenvalue weighted by atomic mass is 10.2. The molecule has 1 aliphatic rings. The van der Waals surface area contributed by atoms with Gasteiger partial charge in [0.1, 0.15) is 11.6 Å². The number of rotatable bonds is 4. The third-order valence-corrected chi connectivity index (χ3v) is 5.58. The van der Waals surface area contributed by atoms with Gasteiger partial charge in [-0.25, -0.2) is 17.8 Å². The lowest BCUT2D eigenvalue weighted by molar-refractivity contribution is 0.429. The van der Waals surface area contributed by atoms with Crippen LogP contribution in [0.25, 0.3) is 0 Å². The van der Waals surface area contributed by atoms with Gasteiger partial charge in [-0.05, 0) is 31.0 Å². The SMILES string of the molecule is Cc1nc2c(c(=O)[nH]1)CN(S(=O)(=O)CCc1cccc(F)c1)C2. The molecule has 23 heavy (non-hydrogen) atoms. The van der Waals surface area contributed by atoms with E-state index in [1.807, 2.05) is 0 Å².